The van der Waals surface area contributed by atoms with Gasteiger partial charge in [-0.25, -0.2) is 4.79 Å². The zero-order valence-electron chi connectivity index (χ0n) is 13.4. The van der Waals surface area contributed by atoms with Crippen molar-refractivity contribution in [3.8, 4) is 11.3 Å². The van der Waals surface area contributed by atoms with Crippen molar-refractivity contribution >= 4 is 29.1 Å². The number of hydrogen-bond acceptors (Lipinski definition) is 4. The summed E-state index contributed by atoms with van der Waals surface area (Å²) in [4.78, 5) is 18.9. The van der Waals surface area contributed by atoms with Crippen LogP contribution < -0.4 is 5.32 Å². The number of nitrogens with zero attached hydrogens (tertiary/aromatic N) is 4. The molecule has 1 aromatic carbocycles. The second kappa shape index (κ2) is 7.21. The van der Waals surface area contributed by atoms with Gasteiger partial charge >= 0.3 is 6.09 Å². The number of carbonyl (C=O) groups is 1. The quantitative estimate of drug-likeness (QED) is 0.439. The highest BCUT2D eigenvalue weighted by molar-refractivity contribution is 6.33. The fourth-order valence-corrected chi connectivity index (χ4v) is 2.13. The molecule has 0 aliphatic carbocycles. The monoisotopic (exact) mass is 345 g/mol. The Morgan fingerprint density at radius 1 is 1.38 bits per heavy atom. The van der Waals surface area contributed by atoms with Crippen LogP contribution in [0.3, 0.4) is 0 Å². The maximum absolute atomic E-state index is 11.9. The van der Waals surface area contributed by atoms with Gasteiger partial charge in [0, 0.05) is 15.5 Å². The number of benzene rings is 1. The number of ether oxygens (including phenoxy) is 1. The molecule has 0 bridgehead atoms. The predicted octanol–water partition coefficient (Wildman–Crippen LogP) is 5.69. The Bertz CT molecular complexity index is 810. The second-order valence-corrected chi connectivity index (χ2v) is 6.29. The van der Waals surface area contributed by atoms with E-state index < -0.39 is 11.7 Å². The van der Waals surface area contributed by atoms with Crippen LogP contribution in [0.25, 0.3) is 21.7 Å². The molecule has 1 heterocycles. The van der Waals surface area contributed by atoms with E-state index in [0.717, 1.165) is 0 Å². The number of carbonyl (C=O) groups excluding carboxylic acids is 1. The summed E-state index contributed by atoms with van der Waals surface area (Å²) in [6.07, 6.45) is 0.733. The molecule has 0 saturated carbocycles. The van der Waals surface area contributed by atoms with Crippen LogP contribution >= 0.6 is 11.6 Å². The summed E-state index contributed by atoms with van der Waals surface area (Å²) in [6.45, 7) is 5.25. The first kappa shape index (κ1) is 17.6. The fourth-order valence-electron chi connectivity index (χ4n) is 1.90. The lowest BCUT2D eigenvalue weighted by Gasteiger charge is -2.20. The molecule has 124 valence electrons. The van der Waals surface area contributed by atoms with E-state index in [1.165, 1.54) is 6.20 Å². The first-order valence-electron chi connectivity index (χ1n) is 7.10. The van der Waals surface area contributed by atoms with E-state index in [9.17, 15) is 4.79 Å². The average Bonchev–Trinajstić information content (AvgIpc) is 2.48. The molecular formula is C16H16ClN5O2. The van der Waals surface area contributed by atoms with Gasteiger partial charge in [-0.1, -0.05) is 34.9 Å². The number of halogens is 1. The largest absolute Gasteiger partial charge is 0.444 e. The minimum atomic E-state index is -0.663. The Labute approximate surface area is 144 Å². The van der Waals surface area contributed by atoms with E-state index in [-0.39, 0.29) is 11.4 Å². The third-order valence-electron chi connectivity index (χ3n) is 2.82. The van der Waals surface area contributed by atoms with Gasteiger partial charge in [0.1, 0.15) is 5.60 Å². The van der Waals surface area contributed by atoms with Gasteiger partial charge in [-0.05, 0) is 38.4 Å². The zero-order chi connectivity index (χ0) is 17.7. The number of rotatable bonds is 3. The number of anilines is 1. The molecule has 7 nitrogen and oxygen atoms in total. The van der Waals surface area contributed by atoms with E-state index >= 15 is 0 Å². The molecule has 0 aliphatic rings. The standard InChI is InChI=1S/C16H16ClN5O2/c1-16(2,3)24-15(23)20-14-9-19-12(8-13(14)21-22-18)10-6-4-5-7-11(10)17/h4-9H,1-3H3,(H,20,23). The lowest BCUT2D eigenvalue weighted by molar-refractivity contribution is 0.0636. The van der Waals surface area contributed by atoms with Gasteiger partial charge in [0.15, 0.2) is 0 Å². The van der Waals surface area contributed by atoms with Crippen LogP contribution in [-0.4, -0.2) is 16.7 Å². The minimum Gasteiger partial charge on any atom is -0.444 e. The number of nitrogens with one attached hydrogen (secondary N) is 1. The Kier molecular flexibility index (Phi) is 5.28. The molecule has 0 saturated heterocycles. The molecule has 0 radical (unpaired) electrons. The van der Waals surface area contributed by atoms with E-state index in [1.54, 1.807) is 45.0 Å². The SMILES string of the molecule is CC(C)(C)OC(=O)Nc1cnc(-c2ccccc2Cl)cc1N=[N+]=[N-]. The topological polar surface area (TPSA) is 100.0 Å². The predicted molar refractivity (Wildman–Crippen MR) is 93.3 cm³/mol. The number of hydrogen-bond donors (Lipinski definition) is 1. The Morgan fingerprint density at radius 3 is 2.71 bits per heavy atom. The number of pyridine rings is 1. The Hall–Kier alpha value is -2.76. The molecule has 1 amide bonds. The number of aromatic nitrogens is 1. The van der Waals surface area contributed by atoms with Crippen LogP contribution in [0.2, 0.25) is 5.02 Å². The Balaban J connectivity index is 2.36. The van der Waals surface area contributed by atoms with Crippen LogP contribution in [0.15, 0.2) is 41.6 Å². The smallest absolute Gasteiger partial charge is 0.412 e. The van der Waals surface area contributed by atoms with Gasteiger partial charge in [-0.2, -0.15) is 0 Å². The zero-order valence-corrected chi connectivity index (χ0v) is 14.2. The van der Waals surface area contributed by atoms with Gasteiger partial charge in [0.25, 0.3) is 0 Å². The minimum absolute atomic E-state index is 0.216. The van der Waals surface area contributed by atoms with E-state index in [4.69, 9.17) is 21.9 Å². The molecule has 0 fully saturated rings. The van der Waals surface area contributed by atoms with Crippen LogP contribution in [0.4, 0.5) is 16.2 Å². The summed E-state index contributed by atoms with van der Waals surface area (Å²) in [6, 6.07) is 8.71. The summed E-state index contributed by atoms with van der Waals surface area (Å²) in [7, 11) is 0. The van der Waals surface area contributed by atoms with Crippen molar-refractivity contribution < 1.29 is 9.53 Å². The third-order valence-corrected chi connectivity index (χ3v) is 3.15. The van der Waals surface area contributed by atoms with Crippen LogP contribution in [-0.2, 0) is 4.74 Å². The molecule has 0 unspecified atom stereocenters. The van der Waals surface area contributed by atoms with Crippen molar-refractivity contribution in [1.29, 1.82) is 0 Å². The normalized spacial score (nSPS) is 10.7. The van der Waals surface area contributed by atoms with Crippen LogP contribution in [0.5, 0.6) is 0 Å². The molecule has 2 aromatic rings. The van der Waals surface area contributed by atoms with Gasteiger partial charge in [-0.15, -0.1) is 0 Å². The highest BCUT2D eigenvalue weighted by atomic mass is 35.5. The molecule has 0 aliphatic heterocycles. The number of azide groups is 1. The molecule has 8 heteroatoms. The first-order chi connectivity index (χ1) is 11.3. The van der Waals surface area contributed by atoms with Gasteiger partial charge in [0.2, 0.25) is 0 Å². The first-order valence-corrected chi connectivity index (χ1v) is 7.48. The fraction of sp³-hybridized carbons (Fsp3) is 0.250. The second-order valence-electron chi connectivity index (χ2n) is 5.88. The molecule has 1 aromatic heterocycles. The lowest BCUT2D eigenvalue weighted by Crippen LogP contribution is -2.27. The van der Waals surface area contributed by atoms with Crippen molar-refractivity contribution in [3.05, 3.63) is 52.0 Å². The molecule has 0 spiro atoms. The number of amides is 1. The van der Waals surface area contributed by atoms with E-state index in [0.29, 0.717) is 16.3 Å². The summed E-state index contributed by atoms with van der Waals surface area (Å²) in [5.41, 5.74) is 9.79. The highest BCUT2D eigenvalue weighted by Gasteiger charge is 2.17. The van der Waals surface area contributed by atoms with Crippen molar-refractivity contribution in [1.82, 2.24) is 4.98 Å². The maximum atomic E-state index is 11.9. The van der Waals surface area contributed by atoms with Crippen LogP contribution in [0, 0.1) is 0 Å². The molecule has 2 rings (SSSR count). The van der Waals surface area contributed by atoms with Crippen molar-refractivity contribution in [2.45, 2.75) is 26.4 Å². The summed E-state index contributed by atoms with van der Waals surface area (Å²) >= 11 is 6.15. The van der Waals surface area contributed by atoms with Gasteiger partial charge in [0.05, 0.1) is 23.3 Å². The van der Waals surface area contributed by atoms with Gasteiger partial charge in [-0.3, -0.25) is 10.3 Å². The summed E-state index contributed by atoms with van der Waals surface area (Å²) in [5.74, 6) is 0. The Morgan fingerprint density at radius 2 is 2.08 bits per heavy atom. The summed E-state index contributed by atoms with van der Waals surface area (Å²) < 4.78 is 5.18. The van der Waals surface area contributed by atoms with Crippen LogP contribution in [0.1, 0.15) is 20.8 Å². The van der Waals surface area contributed by atoms with E-state index in [1.807, 2.05) is 6.07 Å². The van der Waals surface area contributed by atoms with Crippen molar-refractivity contribution in [3.63, 3.8) is 0 Å². The highest BCUT2D eigenvalue weighted by Crippen LogP contribution is 2.32. The molecule has 1 N–H and O–H groups in total. The average molecular weight is 346 g/mol. The lowest BCUT2D eigenvalue weighted by atomic mass is 10.1. The van der Waals surface area contributed by atoms with Crippen molar-refractivity contribution in [2.24, 2.45) is 5.11 Å². The molecule has 24 heavy (non-hydrogen) atoms. The maximum Gasteiger partial charge on any atom is 0.412 e. The van der Waals surface area contributed by atoms with Crippen molar-refractivity contribution in [2.75, 3.05) is 5.32 Å². The molecule has 0 atom stereocenters. The van der Waals surface area contributed by atoms with E-state index in [2.05, 4.69) is 20.3 Å². The molecular weight excluding hydrogens is 330 g/mol. The summed E-state index contributed by atoms with van der Waals surface area (Å²) in [5, 5.41) is 6.64. The van der Waals surface area contributed by atoms with Gasteiger partial charge < -0.3 is 4.74 Å². The third kappa shape index (κ3) is 4.62.